The third-order valence-electron chi connectivity index (χ3n) is 1.88. The van der Waals surface area contributed by atoms with Crippen LogP contribution >= 0.6 is 0 Å². The van der Waals surface area contributed by atoms with Crippen molar-refractivity contribution in [2.75, 3.05) is 19.8 Å². The van der Waals surface area contributed by atoms with Crippen LogP contribution < -0.4 is 5.32 Å². The Balaban J connectivity index is 3.07. The van der Waals surface area contributed by atoms with Gasteiger partial charge in [0.25, 0.3) is 0 Å². The Hall–Kier alpha value is -0.120. The van der Waals surface area contributed by atoms with Crippen molar-refractivity contribution in [1.29, 1.82) is 0 Å². The maximum Gasteiger partial charge on any atom is 0.0613 e. The lowest BCUT2D eigenvalue weighted by molar-refractivity contribution is 0.0279. The first-order valence-electron chi connectivity index (χ1n) is 5.45. The van der Waals surface area contributed by atoms with Crippen LogP contribution in [0.2, 0.25) is 0 Å². The predicted molar refractivity (Wildman–Crippen MR) is 59.5 cm³/mol. The van der Waals surface area contributed by atoms with Crippen molar-refractivity contribution in [2.24, 2.45) is 0 Å². The van der Waals surface area contributed by atoms with Gasteiger partial charge in [-0.3, -0.25) is 0 Å². The molecular formula is C11H25NO2. The summed E-state index contributed by atoms with van der Waals surface area (Å²) in [7, 11) is 0. The fourth-order valence-corrected chi connectivity index (χ4v) is 0.989. The SMILES string of the molecule is CC(C)NCCCOCCC(C)(C)O. The minimum atomic E-state index is -0.601. The van der Waals surface area contributed by atoms with Gasteiger partial charge in [-0.2, -0.15) is 0 Å². The fraction of sp³-hybridized carbons (Fsp3) is 1.00. The molecular weight excluding hydrogens is 178 g/mol. The first-order chi connectivity index (χ1) is 6.42. The highest BCUT2D eigenvalue weighted by molar-refractivity contribution is 4.63. The lowest BCUT2D eigenvalue weighted by Crippen LogP contribution is -2.25. The summed E-state index contributed by atoms with van der Waals surface area (Å²) in [5, 5.41) is 12.7. The molecule has 0 aromatic heterocycles. The molecule has 0 atom stereocenters. The first kappa shape index (κ1) is 13.9. The van der Waals surface area contributed by atoms with E-state index in [4.69, 9.17) is 4.74 Å². The topological polar surface area (TPSA) is 41.5 Å². The lowest BCUT2D eigenvalue weighted by Gasteiger charge is -2.16. The van der Waals surface area contributed by atoms with Crippen LogP contribution in [0.15, 0.2) is 0 Å². The van der Waals surface area contributed by atoms with E-state index < -0.39 is 5.60 Å². The quantitative estimate of drug-likeness (QED) is 0.588. The van der Waals surface area contributed by atoms with Gasteiger partial charge in [0.1, 0.15) is 0 Å². The van der Waals surface area contributed by atoms with Crippen molar-refractivity contribution < 1.29 is 9.84 Å². The van der Waals surface area contributed by atoms with E-state index >= 15 is 0 Å². The van der Waals surface area contributed by atoms with E-state index in [0.29, 0.717) is 19.1 Å². The summed E-state index contributed by atoms with van der Waals surface area (Å²) in [4.78, 5) is 0. The monoisotopic (exact) mass is 203 g/mol. The Morgan fingerprint density at radius 1 is 1.29 bits per heavy atom. The Kier molecular flexibility index (Phi) is 7.15. The average Bonchev–Trinajstić information content (AvgIpc) is 2.00. The number of rotatable bonds is 8. The van der Waals surface area contributed by atoms with Gasteiger partial charge in [0.05, 0.1) is 5.60 Å². The molecule has 3 nitrogen and oxygen atoms in total. The molecule has 0 aromatic rings. The molecule has 0 heterocycles. The van der Waals surface area contributed by atoms with E-state index in [2.05, 4.69) is 19.2 Å². The van der Waals surface area contributed by atoms with Gasteiger partial charge in [-0.25, -0.2) is 0 Å². The number of aliphatic hydroxyl groups is 1. The molecule has 0 aliphatic heterocycles. The Morgan fingerprint density at radius 3 is 2.43 bits per heavy atom. The number of nitrogens with one attached hydrogen (secondary N) is 1. The molecule has 14 heavy (non-hydrogen) atoms. The smallest absolute Gasteiger partial charge is 0.0613 e. The van der Waals surface area contributed by atoms with Crippen molar-refractivity contribution in [3.8, 4) is 0 Å². The Labute approximate surface area is 87.8 Å². The highest BCUT2D eigenvalue weighted by Gasteiger charge is 2.11. The molecule has 0 amide bonds. The van der Waals surface area contributed by atoms with Gasteiger partial charge in [-0.15, -0.1) is 0 Å². The van der Waals surface area contributed by atoms with Crippen LogP contribution in [0.4, 0.5) is 0 Å². The predicted octanol–water partition coefficient (Wildman–Crippen LogP) is 1.55. The summed E-state index contributed by atoms with van der Waals surface area (Å²) < 4.78 is 5.39. The molecule has 0 spiro atoms. The van der Waals surface area contributed by atoms with Gasteiger partial charge in [0, 0.05) is 19.3 Å². The van der Waals surface area contributed by atoms with E-state index in [1.807, 2.05) is 0 Å². The molecule has 0 unspecified atom stereocenters. The maximum atomic E-state index is 9.40. The highest BCUT2D eigenvalue weighted by Crippen LogP contribution is 2.06. The van der Waals surface area contributed by atoms with Crippen LogP contribution in [0.5, 0.6) is 0 Å². The summed E-state index contributed by atoms with van der Waals surface area (Å²) in [6.07, 6.45) is 1.73. The van der Waals surface area contributed by atoms with Gasteiger partial charge in [-0.1, -0.05) is 13.8 Å². The van der Waals surface area contributed by atoms with E-state index in [9.17, 15) is 5.11 Å². The van der Waals surface area contributed by atoms with E-state index in [1.165, 1.54) is 0 Å². The zero-order valence-electron chi connectivity index (χ0n) is 9.97. The zero-order chi connectivity index (χ0) is 11.0. The minimum absolute atomic E-state index is 0.548. The molecule has 0 rings (SSSR count). The molecule has 3 heteroatoms. The molecule has 0 aliphatic carbocycles. The third-order valence-corrected chi connectivity index (χ3v) is 1.88. The van der Waals surface area contributed by atoms with Crippen LogP contribution in [0.3, 0.4) is 0 Å². The number of hydrogen-bond donors (Lipinski definition) is 2. The van der Waals surface area contributed by atoms with E-state index in [-0.39, 0.29) is 0 Å². The van der Waals surface area contributed by atoms with Gasteiger partial charge in [-0.05, 0) is 33.2 Å². The molecule has 0 fully saturated rings. The number of hydrogen-bond acceptors (Lipinski definition) is 3. The lowest BCUT2D eigenvalue weighted by atomic mass is 10.1. The second-order valence-corrected chi connectivity index (χ2v) is 4.64. The molecule has 0 saturated heterocycles. The van der Waals surface area contributed by atoms with Crippen molar-refractivity contribution in [2.45, 2.75) is 52.2 Å². The summed E-state index contributed by atoms with van der Waals surface area (Å²) in [6.45, 7) is 10.3. The van der Waals surface area contributed by atoms with Crippen LogP contribution in [0.1, 0.15) is 40.5 Å². The fourth-order valence-electron chi connectivity index (χ4n) is 0.989. The summed E-state index contributed by atoms with van der Waals surface area (Å²) in [5.74, 6) is 0. The summed E-state index contributed by atoms with van der Waals surface area (Å²) >= 11 is 0. The van der Waals surface area contributed by atoms with Crippen LogP contribution in [0.25, 0.3) is 0 Å². The van der Waals surface area contributed by atoms with Gasteiger partial charge in [0.15, 0.2) is 0 Å². The van der Waals surface area contributed by atoms with Crippen molar-refractivity contribution in [3.05, 3.63) is 0 Å². The molecule has 0 radical (unpaired) electrons. The molecule has 0 aliphatic rings. The Morgan fingerprint density at radius 2 is 1.93 bits per heavy atom. The standard InChI is InChI=1S/C11H25NO2/c1-10(2)12-7-5-8-14-9-6-11(3,4)13/h10,12-13H,5-9H2,1-4H3. The maximum absolute atomic E-state index is 9.40. The van der Waals surface area contributed by atoms with Gasteiger partial charge in [0.2, 0.25) is 0 Å². The molecule has 86 valence electrons. The largest absolute Gasteiger partial charge is 0.390 e. The Bertz CT molecular complexity index is 130. The number of ether oxygens (including phenoxy) is 1. The molecule has 0 saturated carbocycles. The molecule has 0 bridgehead atoms. The van der Waals surface area contributed by atoms with E-state index in [1.54, 1.807) is 13.8 Å². The second kappa shape index (κ2) is 7.21. The van der Waals surface area contributed by atoms with Gasteiger partial charge >= 0.3 is 0 Å². The molecule has 0 aromatic carbocycles. The first-order valence-corrected chi connectivity index (χ1v) is 5.45. The second-order valence-electron chi connectivity index (χ2n) is 4.64. The van der Waals surface area contributed by atoms with Crippen LogP contribution in [-0.4, -0.2) is 36.5 Å². The highest BCUT2D eigenvalue weighted by atomic mass is 16.5. The van der Waals surface area contributed by atoms with E-state index in [0.717, 1.165) is 19.6 Å². The van der Waals surface area contributed by atoms with Crippen molar-refractivity contribution in [1.82, 2.24) is 5.32 Å². The summed E-state index contributed by atoms with van der Waals surface area (Å²) in [6, 6.07) is 0.548. The normalized spacial score (nSPS) is 12.4. The zero-order valence-corrected chi connectivity index (χ0v) is 9.97. The summed E-state index contributed by atoms with van der Waals surface area (Å²) in [5.41, 5.74) is -0.601. The van der Waals surface area contributed by atoms with Crippen molar-refractivity contribution >= 4 is 0 Å². The average molecular weight is 203 g/mol. The van der Waals surface area contributed by atoms with Crippen LogP contribution in [0, 0.1) is 0 Å². The molecule has 2 N–H and O–H groups in total. The minimum Gasteiger partial charge on any atom is -0.390 e. The van der Waals surface area contributed by atoms with Crippen LogP contribution in [-0.2, 0) is 4.74 Å². The third kappa shape index (κ3) is 11.9. The van der Waals surface area contributed by atoms with Gasteiger partial charge < -0.3 is 15.2 Å². The van der Waals surface area contributed by atoms with Crippen molar-refractivity contribution in [3.63, 3.8) is 0 Å².